The zero-order chi connectivity index (χ0) is 15.8. The van der Waals surface area contributed by atoms with Gasteiger partial charge in [0.2, 0.25) is 0 Å². The number of carboxylic acids is 1. The number of nitrogens with zero attached hydrogens (tertiary/aromatic N) is 1. The summed E-state index contributed by atoms with van der Waals surface area (Å²) < 4.78 is 0. The number of anilines is 1. The average Bonchev–Trinajstić information content (AvgIpc) is 2.42. The van der Waals surface area contributed by atoms with Gasteiger partial charge in [0.05, 0.1) is 5.56 Å². The van der Waals surface area contributed by atoms with Crippen LogP contribution in [0.15, 0.2) is 18.3 Å². The number of carbonyl (C=O) groups is 2. The summed E-state index contributed by atoms with van der Waals surface area (Å²) in [6, 6.07) is 3.29. The van der Waals surface area contributed by atoms with E-state index in [-0.39, 0.29) is 6.42 Å². The number of carboxylic acid groups (broad SMARTS) is 1. The van der Waals surface area contributed by atoms with Gasteiger partial charge in [-0.15, -0.1) is 0 Å². The van der Waals surface area contributed by atoms with Gasteiger partial charge in [-0.1, -0.05) is 13.8 Å². The Balaban J connectivity index is 2.54. The lowest BCUT2D eigenvalue weighted by molar-refractivity contribution is -0.137. The number of pyridine rings is 1. The molecule has 1 aromatic heterocycles. The highest BCUT2D eigenvalue weighted by Crippen LogP contribution is 2.21. The van der Waals surface area contributed by atoms with Gasteiger partial charge in [-0.2, -0.15) is 0 Å². The number of nitrogens with one attached hydrogen (secondary N) is 1. The number of rotatable bonds is 9. The molecule has 1 amide bonds. The Labute approximate surface area is 124 Å². The van der Waals surface area contributed by atoms with Crippen molar-refractivity contribution in [1.29, 1.82) is 0 Å². The number of primary amides is 1. The van der Waals surface area contributed by atoms with Gasteiger partial charge < -0.3 is 16.2 Å². The molecule has 0 aromatic carbocycles. The molecule has 6 heteroatoms. The molecule has 116 valence electrons. The van der Waals surface area contributed by atoms with Crippen molar-refractivity contribution in [3.05, 3.63) is 23.9 Å². The Kier molecular flexibility index (Phi) is 6.65. The predicted molar refractivity (Wildman–Crippen MR) is 81.1 cm³/mol. The number of hydrogen-bond acceptors (Lipinski definition) is 4. The van der Waals surface area contributed by atoms with Crippen LogP contribution in [0.3, 0.4) is 0 Å². The van der Waals surface area contributed by atoms with E-state index in [0.717, 1.165) is 6.42 Å². The highest BCUT2D eigenvalue weighted by molar-refractivity contribution is 5.97. The zero-order valence-electron chi connectivity index (χ0n) is 12.5. The summed E-state index contributed by atoms with van der Waals surface area (Å²) in [6.45, 7) is 4.80. The van der Waals surface area contributed by atoms with E-state index in [1.165, 1.54) is 0 Å². The van der Waals surface area contributed by atoms with Crippen molar-refractivity contribution in [2.75, 3.05) is 11.9 Å². The van der Waals surface area contributed by atoms with Crippen molar-refractivity contribution < 1.29 is 14.7 Å². The number of nitrogens with two attached hydrogens (primary N) is 1. The standard InChI is InChI=1S/C15H23N3O3/c1-10(2)11(5-6-13(19)20)7-9-18-15-12(14(16)21)4-3-8-17-15/h3-4,8,10-11H,5-7,9H2,1-2H3,(H2,16,21)(H,17,18)(H,19,20). The smallest absolute Gasteiger partial charge is 0.303 e. The Bertz CT molecular complexity index is 489. The fourth-order valence-corrected chi connectivity index (χ4v) is 2.24. The molecule has 0 aliphatic rings. The van der Waals surface area contributed by atoms with E-state index in [1.54, 1.807) is 18.3 Å². The molecule has 1 atom stereocenters. The van der Waals surface area contributed by atoms with Crippen LogP contribution in [-0.4, -0.2) is 28.5 Å². The zero-order valence-corrected chi connectivity index (χ0v) is 12.5. The summed E-state index contributed by atoms with van der Waals surface area (Å²) in [7, 11) is 0. The molecular formula is C15H23N3O3. The molecule has 6 nitrogen and oxygen atoms in total. The van der Waals surface area contributed by atoms with Gasteiger partial charge in [-0.05, 0) is 36.8 Å². The molecule has 1 aromatic rings. The Morgan fingerprint density at radius 1 is 1.38 bits per heavy atom. The van der Waals surface area contributed by atoms with Crippen LogP contribution >= 0.6 is 0 Å². The fourth-order valence-electron chi connectivity index (χ4n) is 2.24. The summed E-state index contributed by atoms with van der Waals surface area (Å²) >= 11 is 0. The fraction of sp³-hybridized carbons (Fsp3) is 0.533. The molecule has 0 bridgehead atoms. The number of amides is 1. The summed E-state index contributed by atoms with van der Waals surface area (Å²) in [5.74, 6) is -0.0863. The van der Waals surface area contributed by atoms with Gasteiger partial charge in [0, 0.05) is 19.2 Å². The second kappa shape index (κ2) is 8.24. The van der Waals surface area contributed by atoms with Crippen molar-refractivity contribution in [2.45, 2.75) is 33.1 Å². The minimum Gasteiger partial charge on any atom is -0.481 e. The molecule has 4 N–H and O–H groups in total. The Hall–Kier alpha value is -2.11. The highest BCUT2D eigenvalue weighted by atomic mass is 16.4. The van der Waals surface area contributed by atoms with Crippen molar-refractivity contribution in [1.82, 2.24) is 4.98 Å². The van der Waals surface area contributed by atoms with Crippen LogP contribution in [0.1, 0.15) is 43.5 Å². The maximum atomic E-state index is 11.3. The lowest BCUT2D eigenvalue weighted by Crippen LogP contribution is -2.19. The van der Waals surface area contributed by atoms with Gasteiger partial charge >= 0.3 is 5.97 Å². The van der Waals surface area contributed by atoms with E-state index >= 15 is 0 Å². The van der Waals surface area contributed by atoms with Crippen LogP contribution in [0, 0.1) is 11.8 Å². The molecule has 1 heterocycles. The maximum Gasteiger partial charge on any atom is 0.303 e. The lowest BCUT2D eigenvalue weighted by atomic mass is 9.88. The van der Waals surface area contributed by atoms with Crippen molar-refractivity contribution in [3.63, 3.8) is 0 Å². The number of hydrogen-bond donors (Lipinski definition) is 3. The van der Waals surface area contributed by atoms with Gasteiger partial charge in [0.25, 0.3) is 5.91 Å². The Morgan fingerprint density at radius 3 is 2.67 bits per heavy atom. The van der Waals surface area contributed by atoms with E-state index in [4.69, 9.17) is 10.8 Å². The molecule has 0 aliphatic heterocycles. The van der Waals surface area contributed by atoms with Crippen LogP contribution in [0.2, 0.25) is 0 Å². The number of aliphatic carboxylic acids is 1. The molecule has 0 saturated heterocycles. The molecular weight excluding hydrogens is 270 g/mol. The maximum absolute atomic E-state index is 11.3. The van der Waals surface area contributed by atoms with Crippen molar-refractivity contribution in [2.24, 2.45) is 17.6 Å². The van der Waals surface area contributed by atoms with Gasteiger partial charge in [0.15, 0.2) is 0 Å². The lowest BCUT2D eigenvalue weighted by Gasteiger charge is -2.20. The molecule has 1 rings (SSSR count). The number of carbonyl (C=O) groups excluding carboxylic acids is 1. The van der Waals surface area contributed by atoms with E-state index in [1.807, 2.05) is 0 Å². The third-order valence-corrected chi connectivity index (χ3v) is 3.55. The van der Waals surface area contributed by atoms with E-state index in [0.29, 0.717) is 36.2 Å². The largest absolute Gasteiger partial charge is 0.481 e. The molecule has 21 heavy (non-hydrogen) atoms. The topological polar surface area (TPSA) is 105 Å². The van der Waals surface area contributed by atoms with Crippen LogP contribution in [0.4, 0.5) is 5.82 Å². The molecule has 0 fully saturated rings. The van der Waals surface area contributed by atoms with Crippen LogP contribution in [0.25, 0.3) is 0 Å². The third kappa shape index (κ3) is 5.81. The number of aromatic nitrogens is 1. The quantitative estimate of drug-likeness (QED) is 0.646. The molecule has 1 unspecified atom stereocenters. The first kappa shape index (κ1) is 16.9. The summed E-state index contributed by atoms with van der Waals surface area (Å²) in [6.07, 6.45) is 3.25. The summed E-state index contributed by atoms with van der Waals surface area (Å²) in [5.41, 5.74) is 5.66. The monoisotopic (exact) mass is 293 g/mol. The van der Waals surface area contributed by atoms with Crippen LogP contribution in [-0.2, 0) is 4.79 Å². The third-order valence-electron chi connectivity index (χ3n) is 3.55. The van der Waals surface area contributed by atoms with Crippen LogP contribution in [0.5, 0.6) is 0 Å². The second-order valence-electron chi connectivity index (χ2n) is 5.42. The first-order valence-electron chi connectivity index (χ1n) is 7.12. The second-order valence-corrected chi connectivity index (χ2v) is 5.42. The van der Waals surface area contributed by atoms with Gasteiger partial charge in [-0.25, -0.2) is 4.98 Å². The van der Waals surface area contributed by atoms with Crippen molar-refractivity contribution in [3.8, 4) is 0 Å². The summed E-state index contributed by atoms with van der Waals surface area (Å²) in [5, 5.41) is 11.9. The average molecular weight is 293 g/mol. The normalized spacial score (nSPS) is 12.1. The highest BCUT2D eigenvalue weighted by Gasteiger charge is 2.15. The summed E-state index contributed by atoms with van der Waals surface area (Å²) in [4.78, 5) is 26.1. The molecule has 0 aliphatic carbocycles. The predicted octanol–water partition coefficient (Wildman–Crippen LogP) is 2.12. The van der Waals surface area contributed by atoms with E-state index in [9.17, 15) is 9.59 Å². The molecule has 0 radical (unpaired) electrons. The molecule has 0 spiro atoms. The van der Waals surface area contributed by atoms with Crippen molar-refractivity contribution >= 4 is 17.7 Å². The first-order valence-corrected chi connectivity index (χ1v) is 7.12. The Morgan fingerprint density at radius 2 is 2.10 bits per heavy atom. The van der Waals surface area contributed by atoms with E-state index in [2.05, 4.69) is 24.1 Å². The van der Waals surface area contributed by atoms with Gasteiger partial charge in [0.1, 0.15) is 5.82 Å². The van der Waals surface area contributed by atoms with Crippen LogP contribution < -0.4 is 11.1 Å². The SMILES string of the molecule is CC(C)C(CCNc1ncccc1C(N)=O)CCC(=O)O. The van der Waals surface area contributed by atoms with Gasteiger partial charge in [-0.3, -0.25) is 9.59 Å². The minimum atomic E-state index is -0.769. The first-order chi connectivity index (χ1) is 9.91. The molecule has 0 saturated carbocycles. The van der Waals surface area contributed by atoms with E-state index < -0.39 is 11.9 Å². The minimum absolute atomic E-state index is 0.180.